The Kier molecular flexibility index (Phi) is 16.3. The molecule has 1 heterocycles. The summed E-state index contributed by atoms with van der Waals surface area (Å²) in [4.78, 5) is 37.2. The number of aliphatic hydroxyl groups is 3. The number of aromatic carboxylic acids is 1. The summed E-state index contributed by atoms with van der Waals surface area (Å²) >= 11 is 0. The van der Waals surface area contributed by atoms with Crippen molar-refractivity contribution in [1.82, 2.24) is 0 Å². The molecule has 50 heavy (non-hydrogen) atoms. The number of aliphatic hydroxyl groups excluding tert-OH is 3. The van der Waals surface area contributed by atoms with Crippen molar-refractivity contribution in [3.8, 4) is 23.0 Å². The van der Waals surface area contributed by atoms with Gasteiger partial charge in [0.1, 0.15) is 40.9 Å². The van der Waals surface area contributed by atoms with Gasteiger partial charge in [-0.15, -0.1) is 0 Å². The second-order valence-electron chi connectivity index (χ2n) is 12.8. The van der Waals surface area contributed by atoms with Crippen LogP contribution < -0.4 is 9.47 Å². The molecule has 3 rings (SSSR count). The SMILES string of the molecule is CCCCCCCCCCCCCCCc1ccc(O[C@@H]2O[C@H](C(=O)OC)[C@@H](O)[C@H](O)[C@H]2O)c(O)c1C(=O)Oc1cc(C)c(C(=O)O)c(O)c1. The van der Waals surface area contributed by atoms with Crippen LogP contribution in [0.3, 0.4) is 0 Å². The number of esters is 2. The first-order chi connectivity index (χ1) is 23.9. The van der Waals surface area contributed by atoms with Crippen LogP contribution in [0.4, 0.5) is 0 Å². The molecular formula is C37H52O13. The average Bonchev–Trinajstić information content (AvgIpc) is 3.07. The van der Waals surface area contributed by atoms with E-state index in [2.05, 4.69) is 11.7 Å². The van der Waals surface area contributed by atoms with E-state index in [4.69, 9.17) is 14.2 Å². The van der Waals surface area contributed by atoms with Gasteiger partial charge in [-0.1, -0.05) is 90.0 Å². The Labute approximate surface area is 292 Å². The van der Waals surface area contributed by atoms with Crippen LogP contribution in [0, 0.1) is 6.92 Å². The molecule has 0 radical (unpaired) electrons. The van der Waals surface area contributed by atoms with Crippen molar-refractivity contribution in [2.45, 2.75) is 134 Å². The lowest BCUT2D eigenvalue weighted by Crippen LogP contribution is -2.61. The van der Waals surface area contributed by atoms with Gasteiger partial charge in [0.15, 0.2) is 17.6 Å². The van der Waals surface area contributed by atoms with Gasteiger partial charge in [0.25, 0.3) is 0 Å². The number of phenolic OH excluding ortho intramolecular Hbond substituents is 1. The molecule has 0 spiro atoms. The van der Waals surface area contributed by atoms with E-state index >= 15 is 0 Å². The molecule has 0 unspecified atom stereocenters. The fourth-order valence-corrected chi connectivity index (χ4v) is 6.09. The van der Waals surface area contributed by atoms with E-state index < -0.39 is 60.1 Å². The van der Waals surface area contributed by atoms with Crippen LogP contribution in [-0.4, -0.2) is 86.4 Å². The molecule has 1 aliphatic heterocycles. The lowest BCUT2D eigenvalue weighted by Gasteiger charge is -2.38. The van der Waals surface area contributed by atoms with E-state index in [9.17, 15) is 45.0 Å². The van der Waals surface area contributed by atoms with Crippen LogP contribution in [0.1, 0.15) is 122 Å². The molecule has 0 saturated carbocycles. The first kappa shape index (κ1) is 40.5. The van der Waals surface area contributed by atoms with Crippen LogP contribution in [-0.2, 0) is 20.7 Å². The number of ether oxygens (including phenoxy) is 4. The van der Waals surface area contributed by atoms with Gasteiger partial charge in [0.2, 0.25) is 6.29 Å². The van der Waals surface area contributed by atoms with E-state index in [-0.39, 0.29) is 28.2 Å². The van der Waals surface area contributed by atoms with Gasteiger partial charge in [-0.05, 0) is 43.0 Å². The summed E-state index contributed by atoms with van der Waals surface area (Å²) in [6, 6.07) is 5.10. The highest BCUT2D eigenvalue weighted by molar-refractivity contribution is 5.97. The molecular weight excluding hydrogens is 652 g/mol. The molecule has 6 N–H and O–H groups in total. The number of hydrogen-bond acceptors (Lipinski definition) is 12. The Hall–Kier alpha value is -3.91. The fraction of sp³-hybridized carbons (Fsp3) is 0.595. The number of rotatable bonds is 20. The van der Waals surface area contributed by atoms with Gasteiger partial charge < -0.3 is 49.6 Å². The number of benzene rings is 2. The van der Waals surface area contributed by atoms with Crippen LogP contribution in [0.2, 0.25) is 0 Å². The minimum atomic E-state index is -1.87. The maximum atomic E-state index is 13.6. The van der Waals surface area contributed by atoms with E-state index in [1.807, 2.05) is 0 Å². The third-order valence-electron chi connectivity index (χ3n) is 8.94. The second kappa shape index (κ2) is 20.1. The summed E-state index contributed by atoms with van der Waals surface area (Å²) in [5.41, 5.74) is -0.0804. The maximum absolute atomic E-state index is 13.6. The zero-order valence-electron chi connectivity index (χ0n) is 29.1. The number of aryl methyl sites for hydroxylation is 2. The summed E-state index contributed by atoms with van der Waals surface area (Å²) in [7, 11) is 1.04. The number of unbranched alkanes of at least 4 members (excludes halogenated alkanes) is 12. The standard InChI is InChI=1S/C37H52O13/c1-4-5-6-7-8-9-10-11-12-13-14-15-16-17-23-18-19-26(49-37-32(42)30(40)31(41)33(50-37)36(46)47-3)29(39)28(23)35(45)48-24-20-22(2)27(34(43)44)25(38)21-24/h18-21,30-33,37-42H,4-17H2,1-3H3,(H,43,44)/t30-,31-,32+,33-,37+/m0/s1. The van der Waals surface area contributed by atoms with Gasteiger partial charge >= 0.3 is 17.9 Å². The van der Waals surface area contributed by atoms with Crippen molar-refractivity contribution in [2.75, 3.05) is 7.11 Å². The van der Waals surface area contributed by atoms with Gasteiger partial charge in [-0.2, -0.15) is 0 Å². The number of carboxylic acid groups (broad SMARTS) is 1. The fourth-order valence-electron chi connectivity index (χ4n) is 6.09. The Morgan fingerprint density at radius 2 is 1.36 bits per heavy atom. The zero-order valence-corrected chi connectivity index (χ0v) is 29.1. The highest BCUT2D eigenvalue weighted by Gasteiger charge is 2.48. The summed E-state index contributed by atoms with van der Waals surface area (Å²) < 4.78 is 21.1. The van der Waals surface area contributed by atoms with Gasteiger partial charge in [0.05, 0.1) is 7.11 Å². The van der Waals surface area contributed by atoms with Crippen molar-refractivity contribution in [1.29, 1.82) is 0 Å². The van der Waals surface area contributed by atoms with Gasteiger partial charge in [-0.25, -0.2) is 14.4 Å². The van der Waals surface area contributed by atoms with Crippen LogP contribution in [0.15, 0.2) is 24.3 Å². The Morgan fingerprint density at radius 1 is 0.780 bits per heavy atom. The van der Waals surface area contributed by atoms with Crippen molar-refractivity contribution in [2.24, 2.45) is 0 Å². The number of carbonyl (C=O) groups excluding carboxylic acids is 2. The van der Waals surface area contributed by atoms with E-state index in [0.29, 0.717) is 18.4 Å². The van der Waals surface area contributed by atoms with E-state index in [0.717, 1.165) is 38.9 Å². The first-order valence-corrected chi connectivity index (χ1v) is 17.5. The van der Waals surface area contributed by atoms with Crippen molar-refractivity contribution in [3.05, 3.63) is 46.5 Å². The topological polar surface area (TPSA) is 210 Å². The number of phenols is 2. The summed E-state index contributed by atoms with van der Waals surface area (Å²) in [5, 5.41) is 61.9. The highest BCUT2D eigenvalue weighted by Crippen LogP contribution is 2.37. The van der Waals surface area contributed by atoms with E-state index in [1.54, 1.807) is 0 Å². The molecule has 0 aliphatic carbocycles. The van der Waals surface area contributed by atoms with Gasteiger partial charge in [-0.3, -0.25) is 0 Å². The Bertz CT molecular complexity index is 1400. The Balaban J connectivity index is 1.73. The van der Waals surface area contributed by atoms with Crippen molar-refractivity contribution >= 4 is 17.9 Å². The molecule has 2 aromatic rings. The molecule has 0 amide bonds. The number of carbonyl (C=O) groups is 3. The normalized spacial score (nSPS) is 20.3. The number of hydrogen-bond donors (Lipinski definition) is 6. The lowest BCUT2D eigenvalue weighted by atomic mass is 9.98. The third kappa shape index (κ3) is 11.0. The molecule has 278 valence electrons. The third-order valence-corrected chi connectivity index (χ3v) is 8.94. The minimum absolute atomic E-state index is 0.137. The summed E-state index contributed by atoms with van der Waals surface area (Å²) in [6.45, 7) is 3.64. The molecule has 1 aliphatic rings. The smallest absolute Gasteiger partial charge is 0.347 e. The lowest BCUT2D eigenvalue weighted by molar-refractivity contribution is -0.272. The Morgan fingerprint density at radius 3 is 1.90 bits per heavy atom. The van der Waals surface area contributed by atoms with Crippen LogP contribution >= 0.6 is 0 Å². The first-order valence-electron chi connectivity index (χ1n) is 17.5. The molecule has 13 heteroatoms. The van der Waals surface area contributed by atoms with Crippen LogP contribution in [0.5, 0.6) is 23.0 Å². The highest BCUT2D eigenvalue weighted by atomic mass is 16.7. The molecule has 1 saturated heterocycles. The number of methoxy groups -OCH3 is 1. The summed E-state index contributed by atoms with van der Waals surface area (Å²) in [6.07, 6.45) is 6.38. The van der Waals surface area contributed by atoms with Crippen molar-refractivity contribution in [3.63, 3.8) is 0 Å². The molecule has 1 fully saturated rings. The number of aromatic hydroxyl groups is 2. The molecule has 13 nitrogen and oxygen atoms in total. The molecule has 0 bridgehead atoms. The largest absolute Gasteiger partial charge is 0.507 e. The quantitative estimate of drug-likeness (QED) is 0.0587. The average molecular weight is 705 g/mol. The summed E-state index contributed by atoms with van der Waals surface area (Å²) in [5.74, 6) is -5.26. The molecule has 5 atom stereocenters. The van der Waals surface area contributed by atoms with Gasteiger partial charge in [0, 0.05) is 6.07 Å². The monoisotopic (exact) mass is 704 g/mol. The van der Waals surface area contributed by atoms with Crippen LogP contribution in [0.25, 0.3) is 0 Å². The second-order valence-corrected chi connectivity index (χ2v) is 12.8. The zero-order chi connectivity index (χ0) is 36.8. The minimum Gasteiger partial charge on any atom is -0.507 e. The maximum Gasteiger partial charge on any atom is 0.347 e. The molecule has 0 aromatic heterocycles. The molecule has 2 aromatic carbocycles. The number of carboxylic acids is 1. The van der Waals surface area contributed by atoms with E-state index in [1.165, 1.54) is 76.5 Å². The predicted molar refractivity (Wildman–Crippen MR) is 182 cm³/mol. The predicted octanol–water partition coefficient (Wildman–Crippen LogP) is 5.32. The van der Waals surface area contributed by atoms with Crippen molar-refractivity contribution < 1.29 is 64.0 Å².